The highest BCUT2D eigenvalue weighted by molar-refractivity contribution is 5.76. The molecule has 1 aromatic carbocycles. The summed E-state index contributed by atoms with van der Waals surface area (Å²) in [5.41, 5.74) is 0.566. The maximum Gasteiger partial charge on any atom is 0.278 e. The molecule has 0 atom stereocenters. The SMILES string of the molecule is Fc1cc2c[c]ccc2o1. The van der Waals surface area contributed by atoms with Gasteiger partial charge in [-0.3, -0.25) is 0 Å². The van der Waals surface area contributed by atoms with Gasteiger partial charge >= 0.3 is 0 Å². The number of furan rings is 1. The molecule has 0 N–H and O–H groups in total. The van der Waals surface area contributed by atoms with Gasteiger partial charge in [0.15, 0.2) is 0 Å². The highest BCUT2D eigenvalue weighted by atomic mass is 19.1. The summed E-state index contributed by atoms with van der Waals surface area (Å²) in [5, 5.41) is 0.750. The quantitative estimate of drug-likeness (QED) is 0.540. The van der Waals surface area contributed by atoms with Crippen LogP contribution in [0.15, 0.2) is 28.7 Å². The summed E-state index contributed by atoms with van der Waals surface area (Å²) in [7, 11) is 0. The molecule has 0 aliphatic carbocycles. The van der Waals surface area contributed by atoms with E-state index >= 15 is 0 Å². The van der Waals surface area contributed by atoms with Crippen LogP contribution in [-0.4, -0.2) is 0 Å². The van der Waals surface area contributed by atoms with E-state index in [1.54, 1.807) is 18.2 Å². The van der Waals surface area contributed by atoms with Gasteiger partial charge in [-0.25, -0.2) is 0 Å². The maximum absolute atomic E-state index is 12.3. The molecule has 0 aliphatic rings. The largest absolute Gasteiger partial charge is 0.431 e. The van der Waals surface area contributed by atoms with E-state index in [1.807, 2.05) is 0 Å². The first-order valence-corrected chi connectivity index (χ1v) is 2.91. The molecule has 1 radical (unpaired) electrons. The van der Waals surface area contributed by atoms with E-state index in [4.69, 9.17) is 0 Å². The predicted octanol–water partition coefficient (Wildman–Crippen LogP) is 2.37. The Morgan fingerprint density at radius 2 is 2.40 bits per heavy atom. The molecule has 0 fully saturated rings. The molecular formula is C8H4FO. The van der Waals surface area contributed by atoms with Crippen LogP contribution in [0.4, 0.5) is 4.39 Å². The molecule has 1 nitrogen and oxygen atoms in total. The molecule has 0 unspecified atom stereocenters. The van der Waals surface area contributed by atoms with Gasteiger partial charge < -0.3 is 4.42 Å². The van der Waals surface area contributed by atoms with Crippen molar-refractivity contribution in [3.63, 3.8) is 0 Å². The number of rotatable bonds is 0. The van der Waals surface area contributed by atoms with Gasteiger partial charge in [-0.05, 0) is 18.2 Å². The monoisotopic (exact) mass is 135 g/mol. The van der Waals surface area contributed by atoms with Crippen LogP contribution in [0.2, 0.25) is 0 Å². The Morgan fingerprint density at radius 1 is 1.50 bits per heavy atom. The number of benzene rings is 1. The van der Waals surface area contributed by atoms with Crippen LogP contribution in [0, 0.1) is 12.1 Å². The lowest BCUT2D eigenvalue weighted by molar-refractivity contribution is 0.381. The fourth-order valence-corrected chi connectivity index (χ4v) is 0.892. The smallest absolute Gasteiger partial charge is 0.278 e. The van der Waals surface area contributed by atoms with Crippen molar-refractivity contribution < 1.29 is 8.81 Å². The first-order valence-electron chi connectivity index (χ1n) is 2.91. The lowest BCUT2D eigenvalue weighted by Crippen LogP contribution is -1.58. The fraction of sp³-hybridized carbons (Fsp3) is 0. The highest BCUT2D eigenvalue weighted by Gasteiger charge is 1.98. The third-order valence-electron chi connectivity index (χ3n) is 1.33. The normalized spacial score (nSPS) is 10.5. The number of halogens is 1. The Hall–Kier alpha value is -1.31. The molecule has 0 amide bonds. The summed E-state index contributed by atoms with van der Waals surface area (Å²) in [4.78, 5) is 0. The van der Waals surface area contributed by atoms with Crippen molar-refractivity contribution in [3.8, 4) is 0 Å². The van der Waals surface area contributed by atoms with Gasteiger partial charge in [0.1, 0.15) is 5.58 Å². The van der Waals surface area contributed by atoms with Gasteiger partial charge in [0, 0.05) is 11.5 Å². The Labute approximate surface area is 57.1 Å². The van der Waals surface area contributed by atoms with Gasteiger partial charge in [0.05, 0.1) is 0 Å². The van der Waals surface area contributed by atoms with Crippen molar-refractivity contribution in [2.45, 2.75) is 0 Å². The van der Waals surface area contributed by atoms with Crippen LogP contribution in [0.5, 0.6) is 0 Å². The van der Waals surface area contributed by atoms with Crippen LogP contribution in [0.1, 0.15) is 0 Å². The topological polar surface area (TPSA) is 13.1 Å². The molecule has 0 saturated carbocycles. The Bertz CT molecular complexity index is 318. The van der Waals surface area contributed by atoms with E-state index in [-0.39, 0.29) is 0 Å². The second kappa shape index (κ2) is 1.84. The fourth-order valence-electron chi connectivity index (χ4n) is 0.892. The zero-order valence-electron chi connectivity index (χ0n) is 5.10. The highest BCUT2D eigenvalue weighted by Crippen LogP contribution is 2.16. The standard InChI is InChI=1S/C8H4FO/c9-8-5-6-3-1-2-4-7(6)10-8/h2-5H. The number of hydrogen-bond acceptors (Lipinski definition) is 1. The summed E-state index contributed by atoms with van der Waals surface area (Å²) in [6, 6.07) is 8.66. The average molecular weight is 135 g/mol. The van der Waals surface area contributed by atoms with Crippen molar-refractivity contribution in [2.75, 3.05) is 0 Å². The second-order valence-electron chi connectivity index (χ2n) is 2.01. The van der Waals surface area contributed by atoms with E-state index in [2.05, 4.69) is 10.5 Å². The Morgan fingerprint density at radius 3 is 3.20 bits per heavy atom. The average Bonchev–Trinajstić information content (AvgIpc) is 2.27. The molecule has 0 spiro atoms. The van der Waals surface area contributed by atoms with E-state index < -0.39 is 6.01 Å². The predicted molar refractivity (Wildman–Crippen MR) is 35.0 cm³/mol. The van der Waals surface area contributed by atoms with Crippen LogP contribution in [-0.2, 0) is 0 Å². The zero-order chi connectivity index (χ0) is 6.97. The molecule has 2 aromatic rings. The molecule has 2 rings (SSSR count). The summed E-state index contributed by atoms with van der Waals surface area (Å²) in [6.45, 7) is 0. The third-order valence-corrected chi connectivity index (χ3v) is 1.33. The van der Waals surface area contributed by atoms with Crippen molar-refractivity contribution in [3.05, 3.63) is 36.3 Å². The minimum atomic E-state index is -0.547. The molecule has 1 heterocycles. The Balaban J connectivity index is 2.88. The van der Waals surface area contributed by atoms with Crippen LogP contribution in [0.25, 0.3) is 11.0 Å². The van der Waals surface area contributed by atoms with E-state index in [9.17, 15) is 4.39 Å². The molecular weight excluding hydrogens is 131 g/mol. The van der Waals surface area contributed by atoms with E-state index in [0.717, 1.165) is 5.39 Å². The van der Waals surface area contributed by atoms with Crippen molar-refractivity contribution in [2.24, 2.45) is 0 Å². The molecule has 1 aromatic heterocycles. The molecule has 2 heteroatoms. The summed E-state index contributed by atoms with van der Waals surface area (Å²) in [6.07, 6.45) is 0. The summed E-state index contributed by atoms with van der Waals surface area (Å²) < 4.78 is 17.0. The molecule has 0 aliphatic heterocycles. The Kier molecular flexibility index (Phi) is 1.01. The number of hydrogen-bond donors (Lipinski definition) is 0. The molecule has 10 heavy (non-hydrogen) atoms. The van der Waals surface area contributed by atoms with Gasteiger partial charge in [0.2, 0.25) is 0 Å². The van der Waals surface area contributed by atoms with E-state index in [0.29, 0.717) is 5.58 Å². The zero-order valence-corrected chi connectivity index (χ0v) is 5.10. The molecule has 0 bridgehead atoms. The van der Waals surface area contributed by atoms with Crippen LogP contribution in [0.3, 0.4) is 0 Å². The van der Waals surface area contributed by atoms with Gasteiger partial charge in [-0.1, -0.05) is 6.07 Å². The summed E-state index contributed by atoms with van der Waals surface area (Å²) >= 11 is 0. The van der Waals surface area contributed by atoms with Crippen LogP contribution < -0.4 is 0 Å². The lowest BCUT2D eigenvalue weighted by Gasteiger charge is -1.80. The first kappa shape index (κ1) is 5.47. The lowest BCUT2D eigenvalue weighted by atomic mass is 10.3. The van der Waals surface area contributed by atoms with Crippen LogP contribution >= 0.6 is 0 Å². The number of fused-ring (bicyclic) bond motifs is 1. The van der Waals surface area contributed by atoms with Crippen molar-refractivity contribution >= 4 is 11.0 Å². The van der Waals surface area contributed by atoms with Crippen molar-refractivity contribution in [1.29, 1.82) is 0 Å². The second-order valence-corrected chi connectivity index (χ2v) is 2.01. The first-order chi connectivity index (χ1) is 4.86. The molecule has 0 saturated heterocycles. The summed E-state index contributed by atoms with van der Waals surface area (Å²) in [5.74, 6) is 0. The van der Waals surface area contributed by atoms with Gasteiger partial charge in [-0.2, -0.15) is 4.39 Å². The van der Waals surface area contributed by atoms with Crippen molar-refractivity contribution in [1.82, 2.24) is 0 Å². The van der Waals surface area contributed by atoms with Gasteiger partial charge in [-0.15, -0.1) is 0 Å². The maximum atomic E-state index is 12.3. The minimum absolute atomic E-state index is 0.547. The van der Waals surface area contributed by atoms with Gasteiger partial charge in [0.25, 0.3) is 6.01 Å². The third kappa shape index (κ3) is 0.692. The minimum Gasteiger partial charge on any atom is -0.431 e. The van der Waals surface area contributed by atoms with E-state index in [1.165, 1.54) is 6.07 Å². The molecule has 49 valence electrons.